The lowest BCUT2D eigenvalue weighted by Crippen LogP contribution is -2.14. The Kier molecular flexibility index (Phi) is 3.96. The first-order valence-electron chi connectivity index (χ1n) is 3.70. The highest BCUT2D eigenvalue weighted by Crippen LogP contribution is 2.08. The van der Waals surface area contributed by atoms with Crippen molar-refractivity contribution in [1.29, 1.82) is 0 Å². The summed E-state index contributed by atoms with van der Waals surface area (Å²) in [6.45, 7) is 1.03. The average Bonchev–Trinajstić information content (AvgIpc) is 2.05. The Bertz CT molecular complexity index is 214. The maximum absolute atomic E-state index is 4.05. The van der Waals surface area contributed by atoms with E-state index in [9.17, 15) is 0 Å². The fourth-order valence-corrected chi connectivity index (χ4v) is 1.50. The van der Waals surface area contributed by atoms with Crippen molar-refractivity contribution in [3.8, 4) is 0 Å². The Hall–Kier alpha value is -0.680. The van der Waals surface area contributed by atoms with Crippen LogP contribution in [0, 0.1) is 0 Å². The van der Waals surface area contributed by atoms with E-state index in [1.807, 2.05) is 14.1 Å². The molecule has 1 rings (SSSR count). The highest BCUT2D eigenvalue weighted by atomic mass is 32.2. The molecule has 66 valence electrons. The van der Waals surface area contributed by atoms with Crippen molar-refractivity contribution in [3.63, 3.8) is 0 Å². The highest BCUT2D eigenvalue weighted by molar-refractivity contribution is 7.99. The van der Waals surface area contributed by atoms with Crippen molar-refractivity contribution in [1.82, 2.24) is 20.1 Å². The number of rotatable bonds is 4. The van der Waals surface area contributed by atoms with Crippen LogP contribution < -0.4 is 0 Å². The maximum Gasteiger partial charge on any atom is 0.209 e. The van der Waals surface area contributed by atoms with Gasteiger partial charge in [-0.2, -0.15) is 5.10 Å². The number of hydrogen-bond donors (Lipinski definition) is 0. The van der Waals surface area contributed by atoms with Gasteiger partial charge in [-0.05, 0) is 14.1 Å². The largest absolute Gasteiger partial charge is 0.309 e. The monoisotopic (exact) mass is 184 g/mol. The van der Waals surface area contributed by atoms with Gasteiger partial charge in [-0.1, -0.05) is 11.8 Å². The van der Waals surface area contributed by atoms with Gasteiger partial charge in [0.25, 0.3) is 0 Å². The molecule has 0 aliphatic heterocycles. The van der Waals surface area contributed by atoms with Crippen LogP contribution in [0.3, 0.4) is 0 Å². The molecule has 4 nitrogen and oxygen atoms in total. The van der Waals surface area contributed by atoms with E-state index in [1.54, 1.807) is 24.2 Å². The van der Waals surface area contributed by atoms with Crippen molar-refractivity contribution < 1.29 is 0 Å². The van der Waals surface area contributed by atoms with Crippen LogP contribution in [0.4, 0.5) is 0 Å². The predicted molar refractivity (Wildman–Crippen MR) is 49.1 cm³/mol. The average molecular weight is 184 g/mol. The second-order valence-corrected chi connectivity index (χ2v) is 3.64. The molecule has 0 amide bonds. The summed E-state index contributed by atoms with van der Waals surface area (Å²) in [4.78, 5) is 6.17. The molecule has 0 fully saturated rings. The van der Waals surface area contributed by atoms with Gasteiger partial charge in [-0.3, -0.25) is 0 Å². The fraction of sp³-hybridized carbons (Fsp3) is 0.571. The minimum absolute atomic E-state index is 0.749. The van der Waals surface area contributed by atoms with Crippen LogP contribution in [-0.4, -0.2) is 46.5 Å². The lowest BCUT2D eigenvalue weighted by molar-refractivity contribution is 0.437. The summed E-state index contributed by atoms with van der Waals surface area (Å²) in [6, 6.07) is 0. The van der Waals surface area contributed by atoms with Crippen molar-refractivity contribution in [2.75, 3.05) is 26.4 Å². The second kappa shape index (κ2) is 5.05. The molecule has 0 unspecified atom stereocenters. The summed E-state index contributed by atoms with van der Waals surface area (Å²) in [7, 11) is 4.09. The van der Waals surface area contributed by atoms with E-state index < -0.39 is 0 Å². The zero-order chi connectivity index (χ0) is 8.81. The molecular weight excluding hydrogens is 172 g/mol. The summed E-state index contributed by atoms with van der Waals surface area (Å²) in [5.74, 6) is 0.999. The molecule has 0 aliphatic rings. The third-order valence-electron chi connectivity index (χ3n) is 1.23. The van der Waals surface area contributed by atoms with Gasteiger partial charge < -0.3 is 4.90 Å². The lowest BCUT2D eigenvalue weighted by Gasteiger charge is -2.06. The molecule has 5 heteroatoms. The fourth-order valence-electron chi connectivity index (χ4n) is 0.621. The van der Waals surface area contributed by atoms with Crippen molar-refractivity contribution in [3.05, 3.63) is 12.4 Å². The van der Waals surface area contributed by atoms with Gasteiger partial charge in [-0.25, -0.2) is 4.98 Å². The minimum Gasteiger partial charge on any atom is -0.309 e. The summed E-state index contributed by atoms with van der Waals surface area (Å²) >= 11 is 1.62. The van der Waals surface area contributed by atoms with Gasteiger partial charge in [0.05, 0.1) is 12.4 Å². The first-order chi connectivity index (χ1) is 5.79. The van der Waals surface area contributed by atoms with E-state index in [-0.39, 0.29) is 0 Å². The van der Waals surface area contributed by atoms with Gasteiger partial charge in [0.2, 0.25) is 5.16 Å². The smallest absolute Gasteiger partial charge is 0.209 e. The van der Waals surface area contributed by atoms with Gasteiger partial charge >= 0.3 is 0 Å². The summed E-state index contributed by atoms with van der Waals surface area (Å²) in [5, 5.41) is 8.34. The molecule has 0 spiro atoms. The first-order valence-corrected chi connectivity index (χ1v) is 4.69. The molecule has 0 atom stereocenters. The van der Waals surface area contributed by atoms with Gasteiger partial charge in [0, 0.05) is 12.3 Å². The van der Waals surface area contributed by atoms with Crippen LogP contribution in [0.15, 0.2) is 17.6 Å². The van der Waals surface area contributed by atoms with Crippen LogP contribution in [0.1, 0.15) is 0 Å². The van der Waals surface area contributed by atoms with Gasteiger partial charge in [0.1, 0.15) is 0 Å². The van der Waals surface area contributed by atoms with E-state index in [2.05, 4.69) is 20.1 Å². The first kappa shape index (κ1) is 9.41. The Labute approximate surface area is 76.4 Å². The zero-order valence-electron chi connectivity index (χ0n) is 7.27. The van der Waals surface area contributed by atoms with Crippen molar-refractivity contribution in [2.45, 2.75) is 5.16 Å². The number of nitrogens with zero attached hydrogens (tertiary/aromatic N) is 4. The maximum atomic E-state index is 4.05. The normalized spacial score (nSPS) is 10.6. The predicted octanol–water partition coefficient (Wildman–Crippen LogP) is 0.525. The molecule has 0 aliphatic carbocycles. The third-order valence-corrected chi connectivity index (χ3v) is 2.06. The third kappa shape index (κ3) is 3.64. The van der Waals surface area contributed by atoms with Crippen molar-refractivity contribution >= 4 is 11.8 Å². The quantitative estimate of drug-likeness (QED) is 0.638. The van der Waals surface area contributed by atoms with Crippen LogP contribution in [0.5, 0.6) is 0 Å². The molecule has 0 bridgehead atoms. The minimum atomic E-state index is 0.749. The standard InChI is InChI=1S/C7H12N4S/c1-11(2)5-6-12-7-8-3-4-9-10-7/h3-4H,5-6H2,1-2H3. The van der Waals surface area contributed by atoms with Crippen LogP contribution in [0.25, 0.3) is 0 Å². The lowest BCUT2D eigenvalue weighted by atomic mass is 10.7. The Morgan fingerprint density at radius 2 is 2.25 bits per heavy atom. The van der Waals surface area contributed by atoms with E-state index in [0.717, 1.165) is 17.5 Å². The number of hydrogen-bond acceptors (Lipinski definition) is 5. The number of aromatic nitrogens is 3. The highest BCUT2D eigenvalue weighted by Gasteiger charge is 1.96. The Morgan fingerprint density at radius 3 is 2.83 bits per heavy atom. The van der Waals surface area contributed by atoms with Crippen LogP contribution >= 0.6 is 11.8 Å². The molecule has 0 saturated heterocycles. The summed E-state index contributed by atoms with van der Waals surface area (Å²) in [5.41, 5.74) is 0. The molecule has 1 aromatic heterocycles. The number of thioether (sulfide) groups is 1. The zero-order valence-corrected chi connectivity index (χ0v) is 8.08. The molecule has 1 heterocycles. The molecule has 0 N–H and O–H groups in total. The van der Waals surface area contributed by atoms with Crippen LogP contribution in [0.2, 0.25) is 0 Å². The molecule has 0 saturated carbocycles. The van der Waals surface area contributed by atoms with E-state index in [4.69, 9.17) is 0 Å². The van der Waals surface area contributed by atoms with Gasteiger partial charge in [-0.15, -0.1) is 5.10 Å². The molecule has 1 aromatic rings. The summed E-state index contributed by atoms with van der Waals surface area (Å²) < 4.78 is 0. The molecule has 0 aromatic carbocycles. The van der Waals surface area contributed by atoms with Crippen molar-refractivity contribution in [2.24, 2.45) is 0 Å². The Balaban J connectivity index is 2.25. The van der Waals surface area contributed by atoms with E-state index in [1.165, 1.54) is 0 Å². The second-order valence-electron chi connectivity index (χ2n) is 2.58. The van der Waals surface area contributed by atoms with Crippen LogP contribution in [-0.2, 0) is 0 Å². The van der Waals surface area contributed by atoms with Gasteiger partial charge in [0.15, 0.2) is 0 Å². The SMILES string of the molecule is CN(C)CCSc1nccnn1. The summed E-state index contributed by atoms with van der Waals surface area (Å²) in [6.07, 6.45) is 3.24. The van der Waals surface area contributed by atoms with E-state index >= 15 is 0 Å². The molecular formula is C7H12N4S. The molecule has 0 radical (unpaired) electrons. The Morgan fingerprint density at radius 1 is 1.42 bits per heavy atom. The topological polar surface area (TPSA) is 41.9 Å². The van der Waals surface area contributed by atoms with E-state index in [0.29, 0.717) is 0 Å². The molecule has 12 heavy (non-hydrogen) atoms.